The van der Waals surface area contributed by atoms with Crippen LogP contribution in [0.1, 0.15) is 24.8 Å². The Bertz CT molecular complexity index is 495. The van der Waals surface area contributed by atoms with Gasteiger partial charge in [0.15, 0.2) is 11.6 Å². The van der Waals surface area contributed by atoms with E-state index < -0.39 is 22.8 Å². The normalized spacial score (nSPS) is 22.4. The Labute approximate surface area is 127 Å². The van der Waals surface area contributed by atoms with Gasteiger partial charge in [0.2, 0.25) is 0 Å². The average molecular weight is 313 g/mol. The first-order valence-electron chi connectivity index (χ1n) is 7.58. The van der Waals surface area contributed by atoms with E-state index in [0.717, 1.165) is 62.4 Å². The van der Waals surface area contributed by atoms with Crippen LogP contribution in [-0.2, 0) is 17.6 Å². The van der Waals surface area contributed by atoms with Crippen LogP contribution in [0.4, 0.5) is 8.78 Å². The maximum atomic E-state index is 13.1. The number of aryl methyl sites for hydroxylation is 1. The van der Waals surface area contributed by atoms with E-state index in [0.29, 0.717) is 5.41 Å². The Hall–Kier alpha value is -0.650. The maximum absolute atomic E-state index is 13.1. The van der Waals surface area contributed by atoms with E-state index in [1.165, 1.54) is 12.1 Å². The summed E-state index contributed by atoms with van der Waals surface area (Å²) >= 11 is -0.559. The van der Waals surface area contributed by atoms with Gasteiger partial charge in [0.1, 0.15) is 11.5 Å². The lowest BCUT2D eigenvalue weighted by atomic mass is 9.81. The van der Waals surface area contributed by atoms with Crippen LogP contribution in [0.5, 0.6) is 0 Å². The molecule has 2 aliphatic heterocycles. The van der Waals surface area contributed by atoms with Gasteiger partial charge in [-0.2, -0.15) is 0 Å². The number of rotatable bonds is 4. The van der Waals surface area contributed by atoms with Crippen LogP contribution in [0.3, 0.4) is 0 Å². The summed E-state index contributed by atoms with van der Waals surface area (Å²) in [5, 5.41) is 0. The lowest BCUT2D eigenvalue weighted by Crippen LogP contribution is -2.54. The second-order valence-corrected chi connectivity index (χ2v) is 7.88. The summed E-state index contributed by atoms with van der Waals surface area (Å²) in [6.07, 6.45) is 4.06. The zero-order valence-electron chi connectivity index (χ0n) is 12.1. The quantitative estimate of drug-likeness (QED) is 0.799. The molecule has 116 valence electrons. The summed E-state index contributed by atoms with van der Waals surface area (Å²) in [7, 11) is 0. The molecular formula is C16H21F2NOS. The molecule has 0 amide bonds. The molecule has 2 heterocycles. The minimum Gasteiger partial charge on any atom is -0.616 e. The number of nitrogens with zero attached hydrogens (tertiary/aromatic N) is 1. The Morgan fingerprint density at radius 3 is 2.48 bits per heavy atom. The van der Waals surface area contributed by atoms with Gasteiger partial charge >= 0.3 is 0 Å². The molecule has 1 aromatic rings. The van der Waals surface area contributed by atoms with Crippen molar-refractivity contribution < 1.29 is 13.3 Å². The molecule has 3 rings (SSSR count). The third-order valence-corrected chi connectivity index (χ3v) is 6.64. The smallest absolute Gasteiger partial charge is 0.159 e. The monoisotopic (exact) mass is 313 g/mol. The molecule has 0 bridgehead atoms. The predicted octanol–water partition coefficient (Wildman–Crippen LogP) is 2.74. The molecule has 0 saturated carbocycles. The molecule has 2 saturated heterocycles. The zero-order chi connectivity index (χ0) is 14.9. The number of piperidine rings is 1. The van der Waals surface area contributed by atoms with Crippen molar-refractivity contribution in [1.82, 2.24) is 4.90 Å². The predicted molar refractivity (Wildman–Crippen MR) is 80.7 cm³/mol. The third-order valence-electron chi connectivity index (χ3n) is 4.77. The number of hydrogen-bond donors (Lipinski definition) is 0. The van der Waals surface area contributed by atoms with Crippen molar-refractivity contribution in [3.05, 3.63) is 35.4 Å². The highest BCUT2D eigenvalue weighted by Gasteiger charge is 2.49. The maximum Gasteiger partial charge on any atom is 0.159 e. The molecule has 0 atom stereocenters. The van der Waals surface area contributed by atoms with Gasteiger partial charge in [-0.15, -0.1) is 0 Å². The molecule has 0 radical (unpaired) electrons. The fourth-order valence-corrected chi connectivity index (χ4v) is 5.24. The van der Waals surface area contributed by atoms with Crippen LogP contribution < -0.4 is 0 Å². The third kappa shape index (κ3) is 3.58. The number of benzene rings is 1. The zero-order valence-corrected chi connectivity index (χ0v) is 12.9. The molecule has 2 aliphatic rings. The van der Waals surface area contributed by atoms with E-state index in [1.54, 1.807) is 6.07 Å². The molecular weight excluding hydrogens is 292 g/mol. The van der Waals surface area contributed by atoms with E-state index in [1.807, 2.05) is 0 Å². The number of hydrogen-bond acceptors (Lipinski definition) is 2. The van der Waals surface area contributed by atoms with Gasteiger partial charge in [0, 0.05) is 0 Å². The minimum absolute atomic E-state index is 0.376. The summed E-state index contributed by atoms with van der Waals surface area (Å²) in [5.41, 5.74) is 1.23. The van der Waals surface area contributed by atoms with E-state index >= 15 is 0 Å². The summed E-state index contributed by atoms with van der Waals surface area (Å²) in [5.74, 6) is 0.258. The first-order valence-corrected chi connectivity index (χ1v) is 9.06. The van der Waals surface area contributed by atoms with Crippen LogP contribution >= 0.6 is 0 Å². The summed E-state index contributed by atoms with van der Waals surface area (Å²) in [4.78, 5) is 2.44. The standard InChI is InChI=1S/C16H21F2NOS/c17-14-4-3-13(10-15(14)18)2-1-7-19-8-5-16(6-9-19)11-21(20)12-16/h3-4,10H,1-2,5-9,11-12H2. The highest BCUT2D eigenvalue weighted by atomic mass is 32.2. The fourth-order valence-electron chi connectivity index (χ4n) is 3.38. The topological polar surface area (TPSA) is 26.3 Å². The van der Waals surface area contributed by atoms with Crippen molar-refractivity contribution in [2.75, 3.05) is 31.1 Å². The van der Waals surface area contributed by atoms with E-state index in [9.17, 15) is 13.3 Å². The molecule has 1 aromatic carbocycles. The fraction of sp³-hybridized carbons (Fsp3) is 0.625. The molecule has 1 spiro atoms. The average Bonchev–Trinajstić information content (AvgIpc) is 2.43. The first-order chi connectivity index (χ1) is 10.1. The Kier molecular flexibility index (Phi) is 4.52. The number of likely N-dealkylation sites (tertiary alicyclic amines) is 1. The van der Waals surface area contributed by atoms with Crippen molar-refractivity contribution in [2.45, 2.75) is 25.7 Å². The summed E-state index contributed by atoms with van der Waals surface area (Å²) < 4.78 is 37.2. The van der Waals surface area contributed by atoms with Gasteiger partial charge in [-0.3, -0.25) is 0 Å². The minimum atomic E-state index is -0.780. The summed E-state index contributed by atoms with van der Waals surface area (Å²) in [6, 6.07) is 4.16. The van der Waals surface area contributed by atoms with E-state index in [2.05, 4.69) is 4.90 Å². The van der Waals surface area contributed by atoms with Crippen molar-refractivity contribution in [3.63, 3.8) is 0 Å². The molecule has 0 aromatic heterocycles. The second kappa shape index (κ2) is 6.23. The van der Waals surface area contributed by atoms with E-state index in [-0.39, 0.29) is 0 Å². The van der Waals surface area contributed by atoms with Crippen LogP contribution in [-0.4, -0.2) is 40.6 Å². The highest BCUT2D eigenvalue weighted by molar-refractivity contribution is 7.92. The Morgan fingerprint density at radius 2 is 1.86 bits per heavy atom. The molecule has 21 heavy (non-hydrogen) atoms. The van der Waals surface area contributed by atoms with Gasteiger partial charge in [0.25, 0.3) is 0 Å². The van der Waals surface area contributed by atoms with Gasteiger partial charge in [-0.1, -0.05) is 17.2 Å². The summed E-state index contributed by atoms with van der Waals surface area (Å²) in [6.45, 7) is 3.15. The van der Waals surface area contributed by atoms with Crippen molar-refractivity contribution >= 4 is 11.2 Å². The van der Waals surface area contributed by atoms with Crippen LogP contribution in [0.2, 0.25) is 0 Å². The molecule has 0 aliphatic carbocycles. The Balaban J connectivity index is 1.39. The van der Waals surface area contributed by atoms with Crippen molar-refractivity contribution in [2.24, 2.45) is 5.41 Å². The Morgan fingerprint density at radius 1 is 1.14 bits per heavy atom. The number of halogens is 2. The van der Waals surface area contributed by atoms with Crippen LogP contribution in [0.15, 0.2) is 18.2 Å². The van der Waals surface area contributed by atoms with E-state index in [4.69, 9.17) is 0 Å². The van der Waals surface area contributed by atoms with Crippen molar-refractivity contribution in [1.29, 1.82) is 0 Å². The van der Waals surface area contributed by atoms with Gasteiger partial charge < -0.3 is 9.45 Å². The molecule has 0 N–H and O–H groups in total. The van der Waals surface area contributed by atoms with Crippen LogP contribution in [0.25, 0.3) is 0 Å². The highest BCUT2D eigenvalue weighted by Crippen LogP contribution is 2.42. The second-order valence-electron chi connectivity index (χ2n) is 6.42. The first kappa shape index (κ1) is 15.3. The van der Waals surface area contributed by atoms with Crippen LogP contribution in [0, 0.1) is 17.0 Å². The lowest BCUT2D eigenvalue weighted by Gasteiger charge is -2.47. The van der Waals surface area contributed by atoms with Gasteiger partial charge in [-0.25, -0.2) is 8.78 Å². The van der Waals surface area contributed by atoms with Gasteiger partial charge in [-0.05, 0) is 63.0 Å². The van der Waals surface area contributed by atoms with Crippen molar-refractivity contribution in [3.8, 4) is 0 Å². The molecule has 2 fully saturated rings. The molecule has 5 heteroatoms. The SMILES string of the molecule is [O-][S+]1CC2(CCN(CCCc3ccc(F)c(F)c3)CC2)C1. The van der Waals surface area contributed by atoms with Gasteiger partial charge in [0.05, 0.1) is 5.41 Å². The lowest BCUT2D eigenvalue weighted by molar-refractivity contribution is 0.125. The largest absolute Gasteiger partial charge is 0.616 e. The molecule has 2 nitrogen and oxygen atoms in total. The molecule has 0 unspecified atom stereocenters.